The molecular weight excluding hydrogens is 276 g/mol. The highest BCUT2D eigenvalue weighted by atomic mass is 35.5. The van der Waals surface area contributed by atoms with Crippen molar-refractivity contribution in [2.45, 2.75) is 12.8 Å². The maximum absolute atomic E-state index is 8.83. The summed E-state index contributed by atoms with van der Waals surface area (Å²) in [7, 11) is 0. The molecule has 6 nitrogen and oxygen atoms in total. The van der Waals surface area contributed by atoms with Crippen LogP contribution in [-0.4, -0.2) is 24.6 Å². The average molecular weight is 291 g/mol. The summed E-state index contributed by atoms with van der Waals surface area (Å²) in [6.45, 7) is 1.89. The van der Waals surface area contributed by atoms with Gasteiger partial charge in [-0.15, -0.1) is 0 Å². The standard InChI is InChI=1S/C13H15ClN6/c14-9-4-3-5-10(12(9)20-6-1-2-7-20)18-19-11(8-15)13(16)17/h3-5,18H,1-2,6-7H2,(H3,16,17)/b19-11+. The highest BCUT2D eigenvalue weighted by Crippen LogP contribution is 2.35. The number of hydrogen-bond donors (Lipinski definition) is 3. The van der Waals surface area contributed by atoms with Crippen LogP contribution >= 0.6 is 11.6 Å². The second-order valence-corrected chi connectivity index (χ2v) is 4.84. The number of anilines is 2. The van der Waals surface area contributed by atoms with E-state index in [1.807, 2.05) is 12.1 Å². The Kier molecular flexibility index (Phi) is 4.43. The molecule has 0 spiro atoms. The van der Waals surface area contributed by atoms with Crippen LogP contribution in [-0.2, 0) is 0 Å². The topological polar surface area (TPSA) is 101 Å². The Morgan fingerprint density at radius 2 is 2.15 bits per heavy atom. The van der Waals surface area contributed by atoms with Gasteiger partial charge in [-0.2, -0.15) is 10.4 Å². The zero-order chi connectivity index (χ0) is 14.5. The minimum atomic E-state index is -0.371. The molecule has 2 rings (SSSR count). The number of benzene rings is 1. The fourth-order valence-electron chi connectivity index (χ4n) is 2.13. The molecule has 0 aromatic heterocycles. The number of nitrogens with two attached hydrogens (primary N) is 1. The molecule has 1 fully saturated rings. The predicted molar refractivity (Wildman–Crippen MR) is 81.5 cm³/mol. The van der Waals surface area contributed by atoms with Crippen molar-refractivity contribution in [3.63, 3.8) is 0 Å². The molecule has 0 bridgehead atoms. The zero-order valence-corrected chi connectivity index (χ0v) is 11.6. The summed E-state index contributed by atoms with van der Waals surface area (Å²) in [6.07, 6.45) is 2.26. The minimum Gasteiger partial charge on any atom is -0.382 e. The Labute approximate surface area is 122 Å². The molecule has 1 aromatic rings. The van der Waals surface area contributed by atoms with Crippen molar-refractivity contribution in [1.29, 1.82) is 10.7 Å². The third kappa shape index (κ3) is 3.00. The molecule has 1 heterocycles. The quantitative estimate of drug-likeness (QED) is 0.449. The van der Waals surface area contributed by atoms with E-state index < -0.39 is 0 Å². The average Bonchev–Trinajstić information content (AvgIpc) is 2.92. The van der Waals surface area contributed by atoms with Gasteiger partial charge in [0, 0.05) is 13.1 Å². The largest absolute Gasteiger partial charge is 0.382 e. The Morgan fingerprint density at radius 3 is 2.75 bits per heavy atom. The van der Waals surface area contributed by atoms with Crippen molar-refractivity contribution in [2.24, 2.45) is 10.8 Å². The maximum Gasteiger partial charge on any atom is 0.201 e. The number of rotatable bonds is 4. The first kappa shape index (κ1) is 14.2. The van der Waals surface area contributed by atoms with E-state index in [0.29, 0.717) is 10.7 Å². The molecule has 0 radical (unpaired) electrons. The van der Waals surface area contributed by atoms with Gasteiger partial charge in [-0.05, 0) is 25.0 Å². The van der Waals surface area contributed by atoms with Gasteiger partial charge in [0.2, 0.25) is 5.71 Å². The summed E-state index contributed by atoms with van der Waals surface area (Å²) in [5.41, 5.74) is 9.46. The Balaban J connectivity index is 2.30. The van der Waals surface area contributed by atoms with Gasteiger partial charge in [0.15, 0.2) is 5.84 Å². The Morgan fingerprint density at radius 1 is 1.45 bits per heavy atom. The minimum absolute atomic E-state index is 0.155. The predicted octanol–water partition coefficient (Wildman–Crippen LogP) is 2.17. The number of nitrogens with zero attached hydrogens (tertiary/aromatic N) is 3. The molecule has 1 saturated heterocycles. The van der Waals surface area contributed by atoms with Crippen LogP contribution in [0.15, 0.2) is 23.3 Å². The van der Waals surface area contributed by atoms with Gasteiger partial charge in [-0.25, -0.2) is 0 Å². The van der Waals surface area contributed by atoms with Crippen LogP contribution < -0.4 is 16.1 Å². The van der Waals surface area contributed by atoms with Crippen LogP contribution in [0, 0.1) is 16.7 Å². The van der Waals surface area contributed by atoms with Crippen LogP contribution in [0.3, 0.4) is 0 Å². The molecule has 1 aromatic carbocycles. The molecule has 0 saturated carbocycles. The van der Waals surface area contributed by atoms with Gasteiger partial charge in [-0.1, -0.05) is 17.7 Å². The summed E-state index contributed by atoms with van der Waals surface area (Å²) in [5.74, 6) is -0.371. The molecule has 0 unspecified atom stereocenters. The van der Waals surface area contributed by atoms with E-state index in [1.54, 1.807) is 12.1 Å². The van der Waals surface area contributed by atoms with Gasteiger partial charge in [0.25, 0.3) is 0 Å². The smallest absolute Gasteiger partial charge is 0.201 e. The Bertz CT molecular complexity index is 583. The van der Waals surface area contributed by atoms with Crippen LogP contribution in [0.4, 0.5) is 11.4 Å². The number of para-hydroxylation sites is 1. The number of amidine groups is 1. The monoisotopic (exact) mass is 290 g/mol. The second-order valence-electron chi connectivity index (χ2n) is 4.43. The highest BCUT2D eigenvalue weighted by Gasteiger charge is 2.18. The van der Waals surface area contributed by atoms with Gasteiger partial charge >= 0.3 is 0 Å². The first-order valence-electron chi connectivity index (χ1n) is 6.25. The van der Waals surface area contributed by atoms with Crippen LogP contribution in [0.25, 0.3) is 0 Å². The molecule has 0 aliphatic carbocycles. The first-order valence-corrected chi connectivity index (χ1v) is 6.63. The first-order chi connectivity index (χ1) is 9.63. The number of nitriles is 1. The van der Waals surface area contributed by atoms with Crippen molar-refractivity contribution < 1.29 is 0 Å². The summed E-state index contributed by atoms with van der Waals surface area (Å²) in [4.78, 5) is 2.18. The Hall–Kier alpha value is -2.26. The lowest BCUT2D eigenvalue weighted by Crippen LogP contribution is -2.22. The summed E-state index contributed by atoms with van der Waals surface area (Å²) < 4.78 is 0. The molecule has 0 amide bonds. The van der Waals surface area contributed by atoms with E-state index in [-0.39, 0.29) is 11.5 Å². The molecule has 4 N–H and O–H groups in total. The molecule has 7 heteroatoms. The van der Waals surface area contributed by atoms with Crippen LogP contribution in [0.2, 0.25) is 5.02 Å². The number of halogens is 1. The SMILES string of the molecule is N#C/C(=N\Nc1cccc(Cl)c1N1CCCC1)C(=N)N. The van der Waals surface area contributed by atoms with E-state index >= 15 is 0 Å². The second kappa shape index (κ2) is 6.26. The molecular formula is C13H15ClN6. The lowest BCUT2D eigenvalue weighted by Gasteiger charge is -2.22. The molecule has 1 aliphatic rings. The highest BCUT2D eigenvalue weighted by molar-refractivity contribution is 6.45. The lowest BCUT2D eigenvalue weighted by molar-refractivity contribution is 0.949. The summed E-state index contributed by atoms with van der Waals surface area (Å²) in [5, 5.41) is 20.5. The number of hydrazone groups is 1. The molecule has 1 aliphatic heterocycles. The maximum atomic E-state index is 8.83. The van der Waals surface area contributed by atoms with Gasteiger partial charge < -0.3 is 10.6 Å². The third-order valence-electron chi connectivity index (χ3n) is 3.06. The van der Waals surface area contributed by atoms with Gasteiger partial charge in [-0.3, -0.25) is 10.8 Å². The van der Waals surface area contributed by atoms with E-state index in [9.17, 15) is 0 Å². The van der Waals surface area contributed by atoms with Crippen molar-refractivity contribution in [1.82, 2.24) is 0 Å². The van der Waals surface area contributed by atoms with E-state index in [0.717, 1.165) is 31.6 Å². The molecule has 20 heavy (non-hydrogen) atoms. The number of nitrogens with one attached hydrogen (secondary N) is 2. The lowest BCUT2D eigenvalue weighted by atomic mass is 10.2. The van der Waals surface area contributed by atoms with Gasteiger partial charge in [0.05, 0.1) is 16.4 Å². The molecule has 104 valence electrons. The fourth-order valence-corrected chi connectivity index (χ4v) is 2.42. The van der Waals surface area contributed by atoms with Crippen molar-refractivity contribution in [3.05, 3.63) is 23.2 Å². The molecule has 0 atom stereocenters. The third-order valence-corrected chi connectivity index (χ3v) is 3.36. The summed E-state index contributed by atoms with van der Waals surface area (Å²) in [6, 6.07) is 7.22. The zero-order valence-electron chi connectivity index (χ0n) is 10.9. The fraction of sp³-hybridized carbons (Fsp3) is 0.308. The van der Waals surface area contributed by atoms with E-state index in [1.165, 1.54) is 0 Å². The normalized spacial score (nSPS) is 15.0. The van der Waals surface area contributed by atoms with Crippen LogP contribution in [0.1, 0.15) is 12.8 Å². The van der Waals surface area contributed by atoms with Gasteiger partial charge in [0.1, 0.15) is 6.07 Å². The van der Waals surface area contributed by atoms with Crippen molar-refractivity contribution >= 4 is 34.5 Å². The summed E-state index contributed by atoms with van der Waals surface area (Å²) >= 11 is 6.26. The van der Waals surface area contributed by atoms with E-state index in [2.05, 4.69) is 15.4 Å². The number of hydrogen-bond acceptors (Lipinski definition) is 5. The van der Waals surface area contributed by atoms with Crippen molar-refractivity contribution in [3.8, 4) is 6.07 Å². The van der Waals surface area contributed by atoms with Crippen molar-refractivity contribution in [2.75, 3.05) is 23.4 Å². The van der Waals surface area contributed by atoms with Crippen LogP contribution in [0.5, 0.6) is 0 Å². The van der Waals surface area contributed by atoms with E-state index in [4.69, 9.17) is 28.0 Å².